The summed E-state index contributed by atoms with van der Waals surface area (Å²) in [4.78, 5) is 11.8. The number of fused-ring (bicyclic) bond motifs is 5. The van der Waals surface area contributed by atoms with Crippen molar-refractivity contribution in [3.63, 3.8) is 0 Å². The molecule has 1 unspecified atom stereocenters. The quantitative estimate of drug-likeness (QED) is 0.120. The monoisotopic (exact) mass is 576 g/mol. The predicted molar refractivity (Wildman–Crippen MR) is 139 cm³/mol. The van der Waals surface area contributed by atoms with Crippen molar-refractivity contribution < 1.29 is 66.1 Å². The summed E-state index contributed by atoms with van der Waals surface area (Å²) in [6, 6.07) is 0. The second kappa shape index (κ2) is 11.3. The van der Waals surface area contributed by atoms with Crippen molar-refractivity contribution in [1.82, 2.24) is 0 Å². The van der Waals surface area contributed by atoms with E-state index in [0.717, 1.165) is 25.7 Å². The van der Waals surface area contributed by atoms with Crippen molar-refractivity contribution in [3.8, 4) is 0 Å². The fraction of sp³-hybridized carbons (Fsp3) is 0.897. The Bertz CT molecular complexity index is 1080. The minimum Gasteiger partial charge on any atom is -0.726 e. The van der Waals surface area contributed by atoms with E-state index < -0.39 is 40.1 Å². The number of hydrogen-bond donors (Lipinski definition) is 1. The second-order valence-corrected chi connectivity index (χ2v) is 14.8. The molecule has 0 aromatic heterocycles. The van der Waals surface area contributed by atoms with Crippen LogP contribution in [0.1, 0.15) is 86.5 Å². The number of epoxide rings is 1. The van der Waals surface area contributed by atoms with Crippen LogP contribution in [0.4, 0.5) is 0 Å². The molecule has 0 aromatic rings. The molecule has 3 saturated carbocycles. The summed E-state index contributed by atoms with van der Waals surface area (Å²) in [6.07, 6.45) is 5.83. The zero-order valence-corrected chi connectivity index (χ0v) is 27.4. The molecule has 0 bridgehead atoms. The van der Waals surface area contributed by atoms with Gasteiger partial charge in [0.05, 0.1) is 18.3 Å². The topological polar surface area (TPSA) is 125 Å². The van der Waals surface area contributed by atoms with Crippen LogP contribution in [0.15, 0.2) is 11.6 Å². The zero-order valence-electron chi connectivity index (χ0n) is 24.6. The van der Waals surface area contributed by atoms with E-state index in [1.165, 1.54) is 18.9 Å². The number of carbonyl (C=O) groups excluding carboxylic acids is 1. The summed E-state index contributed by atoms with van der Waals surface area (Å²) in [6.45, 7) is 12.6. The molecule has 8 nitrogen and oxygen atoms in total. The smallest absolute Gasteiger partial charge is 0.726 e. The van der Waals surface area contributed by atoms with Gasteiger partial charge in [-0.2, -0.15) is 0 Å². The number of carbonyl (C=O) groups is 1. The summed E-state index contributed by atoms with van der Waals surface area (Å²) in [7, 11) is -5.06. The van der Waals surface area contributed by atoms with Gasteiger partial charge >= 0.3 is 35.5 Å². The third-order valence-corrected chi connectivity index (χ3v) is 11.7. The number of aliphatic hydroxyl groups excluding tert-OH is 1. The van der Waals surface area contributed by atoms with Crippen LogP contribution in [0.2, 0.25) is 0 Å². The van der Waals surface area contributed by atoms with Crippen LogP contribution in [0.25, 0.3) is 0 Å². The molecule has 0 amide bonds. The molecule has 0 radical (unpaired) electrons. The maximum Gasteiger partial charge on any atom is 1.00 e. The fourth-order valence-electron chi connectivity index (χ4n) is 9.60. The summed E-state index contributed by atoms with van der Waals surface area (Å²) in [5.41, 5.74) is 1.15. The Balaban J connectivity index is 0.00000353. The molecule has 4 fully saturated rings. The summed E-state index contributed by atoms with van der Waals surface area (Å²) < 4.78 is 51.6. The Kier molecular flexibility index (Phi) is 9.21. The van der Waals surface area contributed by atoms with Gasteiger partial charge in [-0.1, -0.05) is 46.3 Å². The largest absolute Gasteiger partial charge is 1.00 e. The Hall–Kier alpha value is -0.000000000000000222. The second-order valence-electron chi connectivity index (χ2n) is 13.8. The first-order valence-corrected chi connectivity index (χ1v) is 15.8. The van der Waals surface area contributed by atoms with E-state index in [2.05, 4.69) is 40.7 Å². The van der Waals surface area contributed by atoms with Gasteiger partial charge in [0.2, 0.25) is 10.4 Å². The zero-order chi connectivity index (χ0) is 27.8. The van der Waals surface area contributed by atoms with E-state index in [0.29, 0.717) is 48.7 Å². The molecular formula is C29H45NaO8S. The van der Waals surface area contributed by atoms with Gasteiger partial charge in [0, 0.05) is 6.92 Å². The van der Waals surface area contributed by atoms with E-state index in [9.17, 15) is 22.9 Å². The van der Waals surface area contributed by atoms with E-state index in [1.807, 2.05) is 0 Å². The van der Waals surface area contributed by atoms with Crippen molar-refractivity contribution in [2.75, 3.05) is 0 Å². The van der Waals surface area contributed by atoms with Gasteiger partial charge in [0.1, 0.15) is 6.10 Å². The number of esters is 1. The predicted octanol–water partition coefficient (Wildman–Crippen LogP) is 1.38. The molecule has 39 heavy (non-hydrogen) atoms. The third kappa shape index (κ3) is 5.82. The van der Waals surface area contributed by atoms with Gasteiger partial charge in [0.25, 0.3) is 0 Å². The Morgan fingerprint density at radius 1 is 1.15 bits per heavy atom. The average molecular weight is 577 g/mol. The summed E-state index contributed by atoms with van der Waals surface area (Å²) in [5, 5.41) is 11.1. The Labute approximate surface area is 256 Å². The van der Waals surface area contributed by atoms with Gasteiger partial charge in [-0.3, -0.25) is 8.98 Å². The van der Waals surface area contributed by atoms with Gasteiger partial charge < -0.3 is 19.1 Å². The summed E-state index contributed by atoms with van der Waals surface area (Å²) in [5.74, 6) is 1.35. The van der Waals surface area contributed by atoms with E-state index in [4.69, 9.17) is 13.7 Å². The van der Waals surface area contributed by atoms with Crippen molar-refractivity contribution in [2.24, 2.45) is 46.3 Å². The van der Waals surface area contributed by atoms with Crippen molar-refractivity contribution in [1.29, 1.82) is 0 Å². The molecular weight excluding hydrogens is 531 g/mol. The third-order valence-electron chi connectivity index (χ3n) is 11.2. The maximum absolute atomic E-state index is 11.8. The van der Waals surface area contributed by atoms with Crippen LogP contribution in [0.5, 0.6) is 0 Å². The minimum atomic E-state index is -5.06. The Morgan fingerprint density at radius 2 is 1.82 bits per heavy atom. The summed E-state index contributed by atoms with van der Waals surface area (Å²) >= 11 is 0. The molecule has 216 valence electrons. The molecule has 1 N–H and O–H groups in total. The molecule has 0 aromatic carbocycles. The molecule has 5 rings (SSSR count). The van der Waals surface area contributed by atoms with Crippen molar-refractivity contribution >= 4 is 16.4 Å². The molecule has 4 aliphatic carbocycles. The van der Waals surface area contributed by atoms with Crippen molar-refractivity contribution in [2.45, 2.75) is 117 Å². The average Bonchev–Trinajstić information content (AvgIpc) is 3.44. The van der Waals surface area contributed by atoms with Gasteiger partial charge in [-0.05, 0) is 91.3 Å². The van der Waals surface area contributed by atoms with Crippen LogP contribution >= 0.6 is 0 Å². The van der Waals surface area contributed by atoms with Crippen LogP contribution in [-0.4, -0.2) is 54.6 Å². The minimum absolute atomic E-state index is 0. The molecule has 1 aliphatic heterocycles. The van der Waals surface area contributed by atoms with E-state index >= 15 is 0 Å². The number of hydrogen-bond acceptors (Lipinski definition) is 8. The first kappa shape index (κ1) is 31.9. The number of allylic oxidation sites excluding steroid dienone is 2. The molecule has 1 saturated heterocycles. The van der Waals surface area contributed by atoms with Gasteiger partial charge in [-0.15, -0.1) is 0 Å². The van der Waals surface area contributed by atoms with E-state index in [1.54, 1.807) is 0 Å². The van der Waals surface area contributed by atoms with Gasteiger partial charge in [0.15, 0.2) is 6.10 Å². The first-order valence-electron chi connectivity index (χ1n) is 14.5. The van der Waals surface area contributed by atoms with Crippen LogP contribution in [0, 0.1) is 46.3 Å². The molecule has 5 aliphatic rings. The molecule has 1 heterocycles. The van der Waals surface area contributed by atoms with Crippen LogP contribution in [-0.2, 0) is 28.9 Å². The van der Waals surface area contributed by atoms with E-state index in [-0.39, 0.29) is 46.8 Å². The normalized spacial score (nSPS) is 45.8. The molecule has 12 atom stereocenters. The molecule has 0 spiro atoms. The molecule has 10 heteroatoms. The van der Waals surface area contributed by atoms with Gasteiger partial charge in [-0.25, -0.2) is 8.42 Å². The fourth-order valence-corrected chi connectivity index (χ4v) is 10.1. The SMILES string of the molecule is CC(=O)O[C@H]1[C@H](O)C[C@@]2(C)C(CC=C3[C@@H]4CC[C@H]([C@H](C)[C@@H]5O[C@H]5CC(C)C)[C@@]4(C)CC[C@@H]32)[C@@H]1OS(=O)(=O)[O-].[Na+]. The van der Waals surface area contributed by atoms with Crippen molar-refractivity contribution in [3.05, 3.63) is 11.6 Å². The standard InChI is InChI=1S/C29H46O8S.Na/c1-15(2)13-24-25(36-24)16(3)19-9-10-20-18-7-8-22-26(37-38(32,33)34)27(35-17(4)30)23(31)14-29(22,6)21(18)11-12-28(19,20)5;/h7,15-16,19-27,31H,8-14H2,1-6H3,(H,32,33,34);/q;+1/p-1/t16-,19+,20-,21-,22?,23+,24-,25-,26-,27-,28+,29+;/m0./s1. The first-order chi connectivity index (χ1) is 17.7. The Morgan fingerprint density at radius 3 is 2.44 bits per heavy atom. The number of rotatable bonds is 7. The number of ether oxygens (including phenoxy) is 2. The maximum atomic E-state index is 11.8. The van der Waals surface area contributed by atoms with Crippen LogP contribution < -0.4 is 29.6 Å². The number of aliphatic hydroxyl groups is 1. The van der Waals surface area contributed by atoms with Crippen LogP contribution in [0.3, 0.4) is 0 Å².